The first-order valence-corrected chi connectivity index (χ1v) is 5.89. The SMILES string of the molecule is C=C(C)C(=O)NCC[N+](C)(CCO)CCC(=O)[O-]. The summed E-state index contributed by atoms with van der Waals surface area (Å²) < 4.78 is 0.376. The quantitative estimate of drug-likeness (QED) is 0.379. The van der Waals surface area contributed by atoms with Crippen molar-refractivity contribution in [2.24, 2.45) is 0 Å². The Hall–Kier alpha value is -1.40. The molecule has 0 bridgehead atoms. The maximum atomic E-state index is 11.3. The third kappa shape index (κ3) is 7.03. The molecule has 0 aromatic rings. The van der Waals surface area contributed by atoms with E-state index < -0.39 is 5.97 Å². The molecule has 0 radical (unpaired) electrons. The zero-order chi connectivity index (χ0) is 14.2. The van der Waals surface area contributed by atoms with Crippen molar-refractivity contribution >= 4 is 11.9 Å². The molecule has 6 nitrogen and oxygen atoms in total. The second kappa shape index (κ2) is 7.84. The van der Waals surface area contributed by atoms with Gasteiger partial charge < -0.3 is 24.8 Å². The Balaban J connectivity index is 4.21. The number of amides is 1. The van der Waals surface area contributed by atoms with Gasteiger partial charge in [-0.2, -0.15) is 0 Å². The lowest BCUT2D eigenvalue weighted by molar-refractivity contribution is -0.908. The van der Waals surface area contributed by atoms with Crippen LogP contribution in [0.15, 0.2) is 12.2 Å². The Bertz CT molecular complexity index is 317. The zero-order valence-electron chi connectivity index (χ0n) is 11.1. The fourth-order valence-electron chi connectivity index (χ4n) is 1.53. The lowest BCUT2D eigenvalue weighted by Gasteiger charge is -2.34. The van der Waals surface area contributed by atoms with E-state index in [1.807, 2.05) is 7.05 Å². The van der Waals surface area contributed by atoms with Gasteiger partial charge >= 0.3 is 0 Å². The van der Waals surface area contributed by atoms with Gasteiger partial charge in [0.1, 0.15) is 6.54 Å². The summed E-state index contributed by atoms with van der Waals surface area (Å²) in [5.41, 5.74) is 0.432. The molecule has 0 aromatic carbocycles. The van der Waals surface area contributed by atoms with Gasteiger partial charge in [0.15, 0.2) is 0 Å². The highest BCUT2D eigenvalue weighted by Crippen LogP contribution is 2.02. The minimum Gasteiger partial charge on any atom is -0.550 e. The van der Waals surface area contributed by atoms with E-state index in [9.17, 15) is 14.7 Å². The molecule has 6 heteroatoms. The summed E-state index contributed by atoms with van der Waals surface area (Å²) in [6, 6.07) is 0. The standard InChI is InChI=1S/C12H22N2O4/c1-10(2)12(18)13-5-7-14(3,8-9-15)6-4-11(16)17/h15H,1,4-9H2,2-3H3,(H-,13,16,17,18). The third-order valence-corrected chi connectivity index (χ3v) is 2.82. The Morgan fingerprint density at radius 2 is 1.94 bits per heavy atom. The molecular formula is C12H22N2O4. The lowest BCUT2D eigenvalue weighted by atomic mass is 10.3. The largest absolute Gasteiger partial charge is 0.550 e. The number of carboxylic acid groups (broad SMARTS) is 1. The predicted octanol–water partition coefficient (Wildman–Crippen LogP) is -1.74. The first-order valence-electron chi connectivity index (χ1n) is 5.89. The maximum absolute atomic E-state index is 11.3. The molecule has 1 amide bonds. The van der Waals surface area contributed by atoms with Crippen molar-refractivity contribution in [3.63, 3.8) is 0 Å². The number of nitrogens with zero attached hydrogens (tertiary/aromatic N) is 1. The van der Waals surface area contributed by atoms with Gasteiger partial charge in [0.05, 0.1) is 33.3 Å². The highest BCUT2D eigenvalue weighted by atomic mass is 16.4. The Morgan fingerprint density at radius 3 is 2.39 bits per heavy atom. The molecule has 0 aliphatic rings. The molecule has 1 unspecified atom stereocenters. The van der Waals surface area contributed by atoms with E-state index in [1.165, 1.54) is 0 Å². The van der Waals surface area contributed by atoms with Gasteiger partial charge in [-0.25, -0.2) is 0 Å². The van der Waals surface area contributed by atoms with Crippen molar-refractivity contribution < 1.29 is 24.3 Å². The van der Waals surface area contributed by atoms with Gasteiger partial charge in [0.25, 0.3) is 0 Å². The molecule has 0 aliphatic carbocycles. The van der Waals surface area contributed by atoms with Crippen molar-refractivity contribution in [1.82, 2.24) is 5.32 Å². The van der Waals surface area contributed by atoms with Gasteiger partial charge in [-0.3, -0.25) is 4.79 Å². The van der Waals surface area contributed by atoms with Crippen LogP contribution in [0.4, 0.5) is 0 Å². The number of hydrogen-bond acceptors (Lipinski definition) is 4. The first kappa shape index (κ1) is 16.6. The molecule has 0 heterocycles. The number of quaternary nitrogens is 1. The summed E-state index contributed by atoms with van der Waals surface area (Å²) >= 11 is 0. The van der Waals surface area contributed by atoms with E-state index in [0.29, 0.717) is 36.2 Å². The van der Waals surface area contributed by atoms with Crippen molar-refractivity contribution in [1.29, 1.82) is 0 Å². The summed E-state index contributed by atoms with van der Waals surface area (Å²) in [5, 5.41) is 22.1. The summed E-state index contributed by atoms with van der Waals surface area (Å²) in [6.45, 7) is 6.88. The summed E-state index contributed by atoms with van der Waals surface area (Å²) in [5.74, 6) is -1.33. The van der Waals surface area contributed by atoms with Crippen LogP contribution in [0.1, 0.15) is 13.3 Å². The molecule has 18 heavy (non-hydrogen) atoms. The van der Waals surface area contributed by atoms with Crippen molar-refractivity contribution in [2.45, 2.75) is 13.3 Å². The van der Waals surface area contributed by atoms with Crippen LogP contribution in [0.2, 0.25) is 0 Å². The summed E-state index contributed by atoms with van der Waals surface area (Å²) in [6.07, 6.45) is -0.0646. The predicted molar refractivity (Wildman–Crippen MR) is 65.3 cm³/mol. The highest BCUT2D eigenvalue weighted by molar-refractivity contribution is 5.92. The second-order valence-corrected chi connectivity index (χ2v) is 4.67. The molecule has 1 atom stereocenters. The summed E-state index contributed by atoms with van der Waals surface area (Å²) in [7, 11) is 1.84. The number of likely N-dealkylation sites (N-methyl/N-ethyl adjacent to an activating group) is 1. The number of carbonyl (C=O) groups excluding carboxylic acids is 2. The Labute approximate surface area is 107 Å². The normalized spacial score (nSPS) is 13.7. The Morgan fingerprint density at radius 1 is 1.33 bits per heavy atom. The van der Waals surface area contributed by atoms with E-state index in [2.05, 4.69) is 11.9 Å². The van der Waals surface area contributed by atoms with E-state index in [4.69, 9.17) is 5.11 Å². The average molecular weight is 258 g/mol. The molecule has 0 fully saturated rings. The minimum atomic E-state index is -1.11. The maximum Gasteiger partial charge on any atom is 0.246 e. The number of hydrogen-bond donors (Lipinski definition) is 2. The van der Waals surface area contributed by atoms with Gasteiger partial charge in [0.2, 0.25) is 5.91 Å². The molecule has 0 saturated carbocycles. The number of carboxylic acids is 1. The molecule has 104 valence electrons. The van der Waals surface area contributed by atoms with E-state index in [0.717, 1.165) is 0 Å². The molecule has 2 N–H and O–H groups in total. The second-order valence-electron chi connectivity index (χ2n) is 4.67. The molecule has 0 rings (SSSR count). The number of rotatable bonds is 9. The van der Waals surface area contributed by atoms with Crippen LogP contribution in [0.3, 0.4) is 0 Å². The number of aliphatic carboxylic acids is 1. The van der Waals surface area contributed by atoms with Crippen molar-refractivity contribution in [3.8, 4) is 0 Å². The molecule has 0 saturated heterocycles. The van der Waals surface area contributed by atoms with Crippen LogP contribution >= 0.6 is 0 Å². The highest BCUT2D eigenvalue weighted by Gasteiger charge is 2.20. The number of nitrogens with one attached hydrogen (secondary N) is 1. The van der Waals surface area contributed by atoms with E-state index in [-0.39, 0.29) is 18.9 Å². The number of aliphatic hydroxyl groups excluding tert-OH is 1. The zero-order valence-corrected chi connectivity index (χ0v) is 11.1. The molecule has 0 aromatic heterocycles. The van der Waals surface area contributed by atoms with Gasteiger partial charge in [-0.05, 0) is 6.92 Å². The van der Waals surface area contributed by atoms with Gasteiger partial charge in [-0.1, -0.05) is 6.58 Å². The van der Waals surface area contributed by atoms with Gasteiger partial charge in [-0.15, -0.1) is 0 Å². The number of carbonyl (C=O) groups is 2. The van der Waals surface area contributed by atoms with Gasteiger partial charge in [0, 0.05) is 18.0 Å². The van der Waals surface area contributed by atoms with Crippen LogP contribution in [-0.2, 0) is 9.59 Å². The summed E-state index contributed by atoms with van der Waals surface area (Å²) in [4.78, 5) is 21.7. The molecule has 0 spiro atoms. The fourth-order valence-corrected chi connectivity index (χ4v) is 1.53. The topological polar surface area (TPSA) is 89.5 Å². The first-order chi connectivity index (χ1) is 8.30. The minimum absolute atomic E-state index is 0.0298. The van der Waals surface area contributed by atoms with Crippen LogP contribution in [-0.4, -0.2) is 61.3 Å². The number of aliphatic hydroxyl groups is 1. The van der Waals surface area contributed by atoms with Crippen LogP contribution in [0.5, 0.6) is 0 Å². The van der Waals surface area contributed by atoms with Crippen LogP contribution in [0, 0.1) is 0 Å². The molecule has 0 aliphatic heterocycles. The Kier molecular flexibility index (Phi) is 7.23. The average Bonchev–Trinajstić information content (AvgIpc) is 2.26. The monoisotopic (exact) mass is 258 g/mol. The van der Waals surface area contributed by atoms with Crippen molar-refractivity contribution in [2.75, 3.05) is 39.8 Å². The third-order valence-electron chi connectivity index (χ3n) is 2.82. The van der Waals surface area contributed by atoms with Crippen LogP contribution in [0.25, 0.3) is 0 Å². The fraction of sp³-hybridized carbons (Fsp3) is 0.667. The molecular weight excluding hydrogens is 236 g/mol. The smallest absolute Gasteiger partial charge is 0.246 e. The lowest BCUT2D eigenvalue weighted by Crippen LogP contribution is -2.52. The van der Waals surface area contributed by atoms with Crippen LogP contribution < -0.4 is 10.4 Å². The van der Waals surface area contributed by atoms with E-state index >= 15 is 0 Å². The van der Waals surface area contributed by atoms with Crippen molar-refractivity contribution in [3.05, 3.63) is 12.2 Å². The van der Waals surface area contributed by atoms with E-state index in [1.54, 1.807) is 6.92 Å².